The van der Waals surface area contributed by atoms with Gasteiger partial charge in [0, 0.05) is 6.42 Å². The molecule has 13 heteroatoms. The lowest BCUT2D eigenvalue weighted by atomic mass is 10.1. The molecule has 1 aliphatic heterocycles. The van der Waals surface area contributed by atoms with Crippen LogP contribution in [-0.4, -0.2) is 58.8 Å². The van der Waals surface area contributed by atoms with Crippen LogP contribution in [-0.2, 0) is 28.6 Å². The molecule has 3 rings (SSSR count). The van der Waals surface area contributed by atoms with Crippen molar-refractivity contribution in [2.24, 2.45) is 11.8 Å². The Balaban J connectivity index is 2.00. The van der Waals surface area contributed by atoms with Gasteiger partial charge in [-0.25, -0.2) is 0 Å². The molecule has 34 heavy (non-hydrogen) atoms. The van der Waals surface area contributed by atoms with Crippen LogP contribution in [0.4, 0.5) is 5.95 Å². The molecular formula is C21H26ClIN4O7. The average molecular weight is 609 g/mol. The third-order valence-electron chi connectivity index (χ3n) is 5.15. The van der Waals surface area contributed by atoms with Gasteiger partial charge in [-0.15, -0.1) is 0 Å². The van der Waals surface area contributed by atoms with E-state index in [4.69, 9.17) is 30.5 Å². The lowest BCUT2D eigenvalue weighted by Gasteiger charge is -2.20. The number of carbonyl (C=O) groups excluding carboxylic acids is 3. The summed E-state index contributed by atoms with van der Waals surface area (Å²) in [4.78, 5) is 43.9. The number of anilines is 1. The first kappa shape index (κ1) is 26.4. The fourth-order valence-corrected chi connectivity index (χ4v) is 4.44. The summed E-state index contributed by atoms with van der Waals surface area (Å²) in [6.07, 6.45) is -1.30. The van der Waals surface area contributed by atoms with E-state index in [0.29, 0.717) is 26.2 Å². The second-order valence-corrected chi connectivity index (χ2v) is 9.67. The third kappa shape index (κ3) is 5.38. The van der Waals surface area contributed by atoms with Gasteiger partial charge in [-0.05, 0) is 22.6 Å². The number of esters is 2. The number of ether oxygens (including phenoxy) is 4. The molecule has 1 fully saturated rings. The number of aromatic nitrogens is 3. The quantitative estimate of drug-likeness (QED) is 0.259. The Morgan fingerprint density at radius 2 is 1.94 bits per heavy atom. The van der Waals surface area contributed by atoms with Gasteiger partial charge in [0.2, 0.25) is 18.2 Å². The molecule has 0 saturated carbocycles. The van der Waals surface area contributed by atoms with Crippen LogP contribution in [0.25, 0.3) is 11.0 Å². The van der Waals surface area contributed by atoms with Crippen molar-refractivity contribution in [1.82, 2.24) is 14.5 Å². The minimum atomic E-state index is -0.696. The van der Waals surface area contributed by atoms with Gasteiger partial charge in [-0.1, -0.05) is 39.3 Å². The van der Waals surface area contributed by atoms with E-state index in [1.165, 1.54) is 7.11 Å². The maximum absolute atomic E-state index is 12.3. The molecule has 2 aromatic heterocycles. The molecule has 3 atom stereocenters. The smallest absolute Gasteiger partial charge is 0.308 e. The topological polar surface area (TPSA) is 131 Å². The van der Waals surface area contributed by atoms with E-state index in [1.54, 1.807) is 32.3 Å². The molecule has 11 nitrogen and oxygen atoms in total. The van der Waals surface area contributed by atoms with Crippen molar-refractivity contribution in [3.8, 4) is 5.88 Å². The number of methoxy groups -OCH3 is 1. The third-order valence-corrected chi connectivity index (χ3v) is 6.89. The first-order valence-electron chi connectivity index (χ1n) is 10.6. The van der Waals surface area contributed by atoms with Gasteiger partial charge in [0.05, 0.1) is 24.0 Å². The van der Waals surface area contributed by atoms with Crippen LogP contribution in [0, 0.1) is 15.5 Å². The number of carbonyl (C=O) groups is 3. The molecule has 3 heterocycles. The van der Waals surface area contributed by atoms with Gasteiger partial charge in [-0.2, -0.15) is 9.97 Å². The summed E-state index contributed by atoms with van der Waals surface area (Å²) in [5.74, 6) is -1.22. The highest BCUT2D eigenvalue weighted by Crippen LogP contribution is 2.42. The monoisotopic (exact) mass is 608 g/mol. The Morgan fingerprint density at radius 1 is 1.26 bits per heavy atom. The lowest BCUT2D eigenvalue weighted by Crippen LogP contribution is -2.33. The van der Waals surface area contributed by atoms with Crippen LogP contribution < -0.4 is 10.1 Å². The zero-order valence-corrected chi connectivity index (χ0v) is 22.2. The number of hydrogen-bond acceptors (Lipinski definition) is 9. The van der Waals surface area contributed by atoms with E-state index in [9.17, 15) is 14.4 Å². The van der Waals surface area contributed by atoms with Gasteiger partial charge >= 0.3 is 11.9 Å². The highest BCUT2D eigenvalue weighted by atomic mass is 127. The molecule has 1 aliphatic rings. The summed E-state index contributed by atoms with van der Waals surface area (Å²) in [6, 6.07) is 0. The predicted octanol–water partition coefficient (Wildman–Crippen LogP) is 3.32. The fraction of sp³-hybridized carbons (Fsp3) is 0.571. The molecule has 0 unspecified atom stereocenters. The normalized spacial score (nSPS) is 20.1. The summed E-state index contributed by atoms with van der Waals surface area (Å²) < 4.78 is 24.9. The van der Waals surface area contributed by atoms with Gasteiger partial charge in [0.25, 0.3) is 0 Å². The molecule has 2 aromatic rings. The molecule has 1 saturated heterocycles. The van der Waals surface area contributed by atoms with E-state index in [0.717, 1.165) is 0 Å². The number of halogens is 2. The lowest BCUT2D eigenvalue weighted by molar-refractivity contribution is -0.162. The molecule has 0 spiro atoms. The van der Waals surface area contributed by atoms with Gasteiger partial charge in [-0.3, -0.25) is 24.3 Å². The number of fused-ring (bicyclic) bond motifs is 1. The van der Waals surface area contributed by atoms with Crippen LogP contribution in [0.5, 0.6) is 5.88 Å². The summed E-state index contributed by atoms with van der Waals surface area (Å²) in [5, 5.41) is 3.20. The van der Waals surface area contributed by atoms with E-state index >= 15 is 0 Å². The Kier molecular flexibility index (Phi) is 8.57. The average Bonchev–Trinajstić information content (AvgIpc) is 3.29. The van der Waals surface area contributed by atoms with Crippen LogP contribution in [0.15, 0.2) is 0 Å². The SMILES string of the molecule is COc1nc(NC=O)nc2c1c(Cl)c(I)n2[C@@H]1C[C@H](OC(=O)C(C)C)[C@@H](COC(=O)C(C)C)O1. The second-order valence-electron chi connectivity index (χ2n) is 8.27. The van der Waals surface area contributed by atoms with Crippen LogP contribution in [0.2, 0.25) is 5.02 Å². The van der Waals surface area contributed by atoms with Crippen molar-refractivity contribution in [2.45, 2.75) is 52.6 Å². The Morgan fingerprint density at radius 3 is 2.53 bits per heavy atom. The Labute approximate surface area is 214 Å². The van der Waals surface area contributed by atoms with E-state index in [2.05, 4.69) is 15.3 Å². The van der Waals surface area contributed by atoms with Crippen molar-refractivity contribution in [3.05, 3.63) is 8.72 Å². The maximum Gasteiger partial charge on any atom is 0.308 e. The molecule has 186 valence electrons. The Hall–Kier alpha value is -2.19. The van der Waals surface area contributed by atoms with E-state index in [1.807, 2.05) is 22.6 Å². The number of nitrogens with one attached hydrogen (secondary N) is 1. The summed E-state index contributed by atoms with van der Waals surface area (Å²) >= 11 is 8.64. The van der Waals surface area contributed by atoms with Crippen molar-refractivity contribution in [1.29, 1.82) is 0 Å². The molecular weight excluding hydrogens is 583 g/mol. The van der Waals surface area contributed by atoms with Crippen molar-refractivity contribution in [3.63, 3.8) is 0 Å². The minimum Gasteiger partial charge on any atom is -0.480 e. The Bertz CT molecular complexity index is 1090. The first-order chi connectivity index (χ1) is 16.1. The fourth-order valence-electron chi connectivity index (χ4n) is 3.37. The second kappa shape index (κ2) is 11.0. The number of hydrogen-bond donors (Lipinski definition) is 1. The summed E-state index contributed by atoms with van der Waals surface area (Å²) in [7, 11) is 1.43. The van der Waals surface area contributed by atoms with E-state index < -0.39 is 18.4 Å². The largest absolute Gasteiger partial charge is 0.480 e. The van der Waals surface area contributed by atoms with Crippen molar-refractivity contribution >= 4 is 69.5 Å². The maximum atomic E-state index is 12.3. The zero-order chi connectivity index (χ0) is 25.2. The zero-order valence-electron chi connectivity index (χ0n) is 19.3. The van der Waals surface area contributed by atoms with Gasteiger partial charge in [0.15, 0.2) is 5.65 Å². The minimum absolute atomic E-state index is 0.0226. The molecule has 1 amide bonds. The van der Waals surface area contributed by atoms with Crippen molar-refractivity contribution < 1.29 is 33.3 Å². The predicted molar refractivity (Wildman–Crippen MR) is 131 cm³/mol. The van der Waals surface area contributed by atoms with Crippen LogP contribution >= 0.6 is 34.2 Å². The molecule has 1 N–H and O–H groups in total. The van der Waals surface area contributed by atoms with Crippen LogP contribution in [0.3, 0.4) is 0 Å². The molecule has 0 aromatic carbocycles. The molecule has 0 radical (unpaired) electrons. The standard InChI is InChI=1S/C21H26ClIN4O7/c1-9(2)19(29)32-7-12-11(34-20(30)10(3)4)6-13(33-12)27-16(23)15(22)14-17(27)25-21(24-8-28)26-18(14)31-5/h8-13H,6-7H2,1-5H3,(H,24,25,26,28)/t11-,12+,13-/m0/s1. The highest BCUT2D eigenvalue weighted by molar-refractivity contribution is 14.1. The molecule has 0 bridgehead atoms. The summed E-state index contributed by atoms with van der Waals surface area (Å²) in [6.45, 7) is 6.84. The van der Waals surface area contributed by atoms with E-state index in [-0.39, 0.29) is 48.6 Å². The number of amides is 1. The number of rotatable bonds is 9. The highest BCUT2D eigenvalue weighted by Gasteiger charge is 2.42. The van der Waals surface area contributed by atoms with Gasteiger partial charge in [0.1, 0.15) is 34.1 Å². The molecule has 0 aliphatic carbocycles. The van der Waals surface area contributed by atoms with Crippen LogP contribution in [0.1, 0.15) is 40.3 Å². The van der Waals surface area contributed by atoms with Crippen molar-refractivity contribution in [2.75, 3.05) is 19.0 Å². The van der Waals surface area contributed by atoms with Gasteiger partial charge < -0.3 is 18.9 Å². The summed E-state index contributed by atoms with van der Waals surface area (Å²) in [5.41, 5.74) is 0.365. The number of nitrogens with zero attached hydrogens (tertiary/aromatic N) is 3. The first-order valence-corrected chi connectivity index (χ1v) is 12.1.